The van der Waals surface area contributed by atoms with Gasteiger partial charge in [0.05, 0.1) is 10.6 Å². The number of hydrogen-bond donors (Lipinski definition) is 2. The minimum atomic E-state index is -0.206. The summed E-state index contributed by atoms with van der Waals surface area (Å²) in [5, 5.41) is 4.46. The highest BCUT2D eigenvalue weighted by atomic mass is 32.2. The number of carbonyl (C=O) groups excluding carboxylic acids is 1. The van der Waals surface area contributed by atoms with Crippen LogP contribution in [0.5, 0.6) is 0 Å². The van der Waals surface area contributed by atoms with Gasteiger partial charge < -0.3 is 11.1 Å². The number of aromatic nitrogens is 2. The third kappa shape index (κ3) is 3.04. The van der Waals surface area contributed by atoms with E-state index in [9.17, 15) is 4.79 Å². The predicted octanol–water partition coefficient (Wildman–Crippen LogP) is 2.91. The van der Waals surface area contributed by atoms with Crippen LogP contribution in [0.3, 0.4) is 0 Å². The molecule has 122 valence electrons. The summed E-state index contributed by atoms with van der Waals surface area (Å²) in [6, 6.07) is 0.378. The summed E-state index contributed by atoms with van der Waals surface area (Å²) in [7, 11) is 0. The van der Waals surface area contributed by atoms with Gasteiger partial charge in [-0.25, -0.2) is 9.97 Å². The molecular weight excluding hydrogens is 328 g/mol. The number of anilines is 1. The van der Waals surface area contributed by atoms with Crippen molar-refractivity contribution < 1.29 is 4.79 Å². The maximum absolute atomic E-state index is 12.1. The van der Waals surface area contributed by atoms with Crippen LogP contribution < -0.4 is 11.1 Å². The van der Waals surface area contributed by atoms with E-state index in [2.05, 4.69) is 15.3 Å². The highest BCUT2D eigenvalue weighted by Crippen LogP contribution is 2.38. The van der Waals surface area contributed by atoms with Crippen molar-refractivity contribution in [3.8, 4) is 0 Å². The van der Waals surface area contributed by atoms with Crippen molar-refractivity contribution in [2.24, 2.45) is 0 Å². The number of amides is 1. The summed E-state index contributed by atoms with van der Waals surface area (Å²) in [6.45, 7) is 1.89. The minimum absolute atomic E-state index is 0.0604. The van der Waals surface area contributed by atoms with Crippen molar-refractivity contribution in [1.82, 2.24) is 15.3 Å². The van der Waals surface area contributed by atoms with Gasteiger partial charge >= 0.3 is 0 Å². The van der Waals surface area contributed by atoms with Gasteiger partial charge in [0.1, 0.15) is 10.6 Å². The van der Waals surface area contributed by atoms with E-state index >= 15 is 0 Å². The smallest absolute Gasteiger partial charge is 0.233 e. The zero-order chi connectivity index (χ0) is 16.0. The second-order valence-electron chi connectivity index (χ2n) is 6.33. The van der Waals surface area contributed by atoms with Gasteiger partial charge in [-0.3, -0.25) is 4.79 Å². The Kier molecular flexibility index (Phi) is 3.93. The van der Waals surface area contributed by atoms with Gasteiger partial charge in [-0.2, -0.15) is 0 Å². The van der Waals surface area contributed by atoms with Crippen molar-refractivity contribution in [2.75, 3.05) is 5.73 Å². The standard InChI is InChI=1S/C16H20N4OS2/c1-8(14(21)18-9-6-7-9)22-16-19-13(17)12-10-4-2-3-5-11(10)23-15(12)20-16/h8-9H,2-7H2,1H3,(H,18,21)(H2,17,19,20)/t8-/m0/s1. The van der Waals surface area contributed by atoms with Gasteiger partial charge in [0.2, 0.25) is 5.91 Å². The normalized spacial score (nSPS) is 18.7. The fourth-order valence-corrected chi connectivity index (χ4v) is 5.09. The maximum Gasteiger partial charge on any atom is 0.233 e. The summed E-state index contributed by atoms with van der Waals surface area (Å²) in [5.41, 5.74) is 7.56. The lowest BCUT2D eigenvalue weighted by Crippen LogP contribution is -2.32. The second kappa shape index (κ2) is 5.94. The number of carbonyl (C=O) groups is 1. The third-order valence-corrected chi connectivity index (χ3v) is 6.54. The Hall–Kier alpha value is -1.34. The van der Waals surface area contributed by atoms with Gasteiger partial charge in [0.25, 0.3) is 0 Å². The van der Waals surface area contributed by atoms with Crippen molar-refractivity contribution in [3.05, 3.63) is 10.4 Å². The zero-order valence-electron chi connectivity index (χ0n) is 13.1. The van der Waals surface area contributed by atoms with E-state index in [1.165, 1.54) is 35.0 Å². The molecule has 0 bridgehead atoms. The Bertz CT molecular complexity index is 769. The van der Waals surface area contributed by atoms with Gasteiger partial charge in [0.15, 0.2) is 5.16 Å². The molecule has 0 aliphatic heterocycles. The highest BCUT2D eigenvalue weighted by Gasteiger charge is 2.27. The van der Waals surface area contributed by atoms with Gasteiger partial charge in [0, 0.05) is 10.9 Å². The molecule has 2 aromatic rings. The number of fused-ring (bicyclic) bond motifs is 3. The topological polar surface area (TPSA) is 80.9 Å². The number of aryl methyl sites for hydroxylation is 2. The molecule has 2 aromatic heterocycles. The van der Waals surface area contributed by atoms with Crippen LogP contribution in [0.25, 0.3) is 10.2 Å². The van der Waals surface area contributed by atoms with E-state index in [-0.39, 0.29) is 11.2 Å². The van der Waals surface area contributed by atoms with E-state index in [1.54, 1.807) is 11.3 Å². The van der Waals surface area contributed by atoms with Crippen LogP contribution in [0.15, 0.2) is 5.16 Å². The van der Waals surface area contributed by atoms with E-state index in [1.807, 2.05) is 6.92 Å². The molecule has 1 saturated carbocycles. The van der Waals surface area contributed by atoms with E-state index < -0.39 is 0 Å². The van der Waals surface area contributed by atoms with E-state index in [0.29, 0.717) is 17.0 Å². The molecule has 5 nitrogen and oxygen atoms in total. The molecule has 7 heteroatoms. The van der Waals surface area contributed by atoms with Crippen molar-refractivity contribution in [2.45, 2.75) is 61.9 Å². The lowest BCUT2D eigenvalue weighted by molar-refractivity contribution is -0.120. The summed E-state index contributed by atoms with van der Waals surface area (Å²) >= 11 is 3.13. The van der Waals surface area contributed by atoms with Crippen LogP contribution in [0.1, 0.15) is 43.0 Å². The van der Waals surface area contributed by atoms with Crippen LogP contribution in [0.4, 0.5) is 5.82 Å². The fraction of sp³-hybridized carbons (Fsp3) is 0.562. The maximum atomic E-state index is 12.1. The molecule has 1 amide bonds. The molecule has 2 aliphatic rings. The molecule has 2 heterocycles. The van der Waals surface area contributed by atoms with Gasteiger partial charge in [-0.1, -0.05) is 11.8 Å². The number of hydrogen-bond acceptors (Lipinski definition) is 6. The fourth-order valence-electron chi connectivity index (χ4n) is 2.98. The van der Waals surface area contributed by atoms with Crippen molar-refractivity contribution in [1.29, 1.82) is 0 Å². The Balaban J connectivity index is 1.59. The summed E-state index contributed by atoms with van der Waals surface area (Å²) in [4.78, 5) is 23.6. The first-order valence-electron chi connectivity index (χ1n) is 8.16. The Morgan fingerprint density at radius 3 is 2.91 bits per heavy atom. The first kappa shape index (κ1) is 15.2. The van der Waals surface area contributed by atoms with Crippen molar-refractivity contribution >= 4 is 45.0 Å². The molecule has 0 spiro atoms. The van der Waals surface area contributed by atoms with Crippen LogP contribution >= 0.6 is 23.1 Å². The molecule has 0 saturated heterocycles. The van der Waals surface area contributed by atoms with Gasteiger partial charge in [-0.15, -0.1) is 11.3 Å². The highest BCUT2D eigenvalue weighted by molar-refractivity contribution is 8.00. The lowest BCUT2D eigenvalue weighted by Gasteiger charge is -2.12. The third-order valence-electron chi connectivity index (χ3n) is 4.40. The summed E-state index contributed by atoms with van der Waals surface area (Å²) < 4.78 is 0. The average Bonchev–Trinajstić information content (AvgIpc) is 3.24. The number of nitrogens with one attached hydrogen (secondary N) is 1. The zero-order valence-corrected chi connectivity index (χ0v) is 14.7. The van der Waals surface area contributed by atoms with Gasteiger partial charge in [-0.05, 0) is 51.0 Å². The number of nitrogens with two attached hydrogens (primary N) is 1. The van der Waals surface area contributed by atoms with Crippen LogP contribution in [-0.4, -0.2) is 27.2 Å². The molecule has 2 aliphatic carbocycles. The van der Waals surface area contributed by atoms with Crippen LogP contribution in [0, 0.1) is 0 Å². The number of thiophene rings is 1. The number of rotatable bonds is 4. The number of nitrogens with zero attached hydrogens (tertiary/aromatic N) is 2. The summed E-state index contributed by atoms with van der Waals surface area (Å²) in [5.74, 6) is 0.622. The molecule has 4 rings (SSSR count). The van der Waals surface area contributed by atoms with E-state index in [0.717, 1.165) is 35.9 Å². The minimum Gasteiger partial charge on any atom is -0.383 e. The van der Waals surface area contributed by atoms with Crippen LogP contribution in [-0.2, 0) is 17.6 Å². The largest absolute Gasteiger partial charge is 0.383 e. The second-order valence-corrected chi connectivity index (χ2v) is 8.72. The average molecular weight is 348 g/mol. The molecule has 23 heavy (non-hydrogen) atoms. The first-order valence-corrected chi connectivity index (χ1v) is 9.86. The SMILES string of the molecule is C[C@H](Sc1nc(N)c2c3c(sc2n1)CCCC3)C(=O)NC1CC1. The lowest BCUT2D eigenvalue weighted by atomic mass is 9.97. The quantitative estimate of drug-likeness (QED) is 0.656. The van der Waals surface area contributed by atoms with Crippen LogP contribution in [0.2, 0.25) is 0 Å². The molecule has 0 unspecified atom stereocenters. The monoisotopic (exact) mass is 348 g/mol. The molecule has 1 atom stereocenters. The molecule has 0 radical (unpaired) electrons. The Morgan fingerprint density at radius 2 is 2.13 bits per heavy atom. The molecule has 0 aromatic carbocycles. The van der Waals surface area contributed by atoms with E-state index in [4.69, 9.17) is 5.73 Å². The van der Waals surface area contributed by atoms with Crippen molar-refractivity contribution in [3.63, 3.8) is 0 Å². The molecular formula is C16H20N4OS2. The Morgan fingerprint density at radius 1 is 1.35 bits per heavy atom. The first-order chi connectivity index (χ1) is 11.1. The Labute approximate surface area is 143 Å². The predicted molar refractivity (Wildman–Crippen MR) is 95.0 cm³/mol. The number of thioether (sulfide) groups is 1. The molecule has 1 fully saturated rings. The molecule has 3 N–H and O–H groups in total. The number of nitrogen functional groups attached to an aromatic ring is 1. The summed E-state index contributed by atoms with van der Waals surface area (Å²) in [6.07, 6.45) is 6.85.